The van der Waals surface area contributed by atoms with Crippen LogP contribution in [0.5, 0.6) is 11.5 Å². The Balaban J connectivity index is 1.21. The number of nitrogens with zero attached hydrogens (tertiary/aromatic N) is 3. The molecule has 1 unspecified atom stereocenters. The fourth-order valence-electron chi connectivity index (χ4n) is 4.02. The molecule has 0 saturated carbocycles. The van der Waals surface area contributed by atoms with Gasteiger partial charge in [0.25, 0.3) is 0 Å². The molecule has 0 spiro atoms. The highest BCUT2D eigenvalue weighted by atomic mass is 32.2. The third-order valence-corrected chi connectivity index (χ3v) is 7.08. The van der Waals surface area contributed by atoms with Crippen LogP contribution in [0, 0.1) is 11.7 Å². The number of halogens is 1. The summed E-state index contributed by atoms with van der Waals surface area (Å²) in [6, 6.07) is 10.4. The van der Waals surface area contributed by atoms with Crippen LogP contribution in [0.25, 0.3) is 11.1 Å². The summed E-state index contributed by atoms with van der Waals surface area (Å²) in [6.45, 7) is 4.18. The zero-order valence-electron chi connectivity index (χ0n) is 17.8. The van der Waals surface area contributed by atoms with Gasteiger partial charge in [-0.2, -0.15) is 0 Å². The highest BCUT2D eigenvalue weighted by molar-refractivity contribution is 7.85. The van der Waals surface area contributed by atoms with Gasteiger partial charge in [-0.3, -0.25) is 4.21 Å². The molecule has 1 fully saturated rings. The molecule has 1 aromatic heterocycles. The fraction of sp³-hybridized carbons (Fsp3) is 0.333. The van der Waals surface area contributed by atoms with Gasteiger partial charge in [0.1, 0.15) is 5.75 Å². The molecule has 0 aliphatic carbocycles. The molecule has 0 bridgehead atoms. The lowest BCUT2D eigenvalue weighted by Gasteiger charge is -2.17. The molecule has 3 aromatic rings. The number of rotatable bonds is 6. The minimum Gasteiger partial charge on any atom is -0.490 e. The van der Waals surface area contributed by atoms with Crippen LogP contribution in [0.3, 0.4) is 0 Å². The Labute approximate surface area is 188 Å². The van der Waals surface area contributed by atoms with Crippen molar-refractivity contribution in [1.82, 2.24) is 9.97 Å². The monoisotopic (exact) mass is 453 g/mol. The van der Waals surface area contributed by atoms with Crippen LogP contribution in [0.2, 0.25) is 0 Å². The molecule has 1 saturated heterocycles. The number of aromatic nitrogens is 2. The van der Waals surface area contributed by atoms with Crippen molar-refractivity contribution in [2.24, 2.45) is 5.92 Å². The van der Waals surface area contributed by atoms with E-state index in [0.29, 0.717) is 23.2 Å². The predicted octanol–water partition coefficient (Wildman–Crippen LogP) is 4.21. The predicted molar refractivity (Wildman–Crippen MR) is 121 cm³/mol. The van der Waals surface area contributed by atoms with E-state index in [0.717, 1.165) is 48.6 Å². The topological polar surface area (TPSA) is 64.6 Å². The van der Waals surface area contributed by atoms with Gasteiger partial charge in [-0.05, 0) is 53.8 Å². The van der Waals surface area contributed by atoms with Crippen molar-refractivity contribution >= 4 is 16.7 Å². The molecule has 2 aromatic carbocycles. The molecule has 6 nitrogen and oxygen atoms in total. The van der Waals surface area contributed by atoms with Crippen molar-refractivity contribution in [3.05, 3.63) is 60.2 Å². The maximum atomic E-state index is 14.7. The van der Waals surface area contributed by atoms with E-state index in [2.05, 4.69) is 21.8 Å². The molecular weight excluding hydrogens is 429 g/mol. The summed E-state index contributed by atoms with van der Waals surface area (Å²) < 4.78 is 37.8. The molecule has 2 atom stereocenters. The van der Waals surface area contributed by atoms with Gasteiger partial charge in [0.2, 0.25) is 5.95 Å². The Hall–Kier alpha value is -3.00. The van der Waals surface area contributed by atoms with Gasteiger partial charge >= 0.3 is 0 Å². The molecule has 0 N–H and O–H groups in total. The molecule has 166 valence electrons. The van der Waals surface area contributed by atoms with Crippen molar-refractivity contribution in [1.29, 1.82) is 0 Å². The molecule has 2 aliphatic heterocycles. The van der Waals surface area contributed by atoms with Gasteiger partial charge in [-0.15, -0.1) is 0 Å². The molecule has 8 heteroatoms. The highest BCUT2D eigenvalue weighted by Crippen LogP contribution is 2.34. The third-order valence-electron chi connectivity index (χ3n) is 5.92. The van der Waals surface area contributed by atoms with Gasteiger partial charge in [-0.25, -0.2) is 14.4 Å². The number of anilines is 1. The summed E-state index contributed by atoms with van der Waals surface area (Å²) in [5.74, 6) is 1.64. The maximum absolute atomic E-state index is 14.7. The van der Waals surface area contributed by atoms with Crippen molar-refractivity contribution in [3.63, 3.8) is 0 Å². The largest absolute Gasteiger partial charge is 0.490 e. The van der Waals surface area contributed by atoms with E-state index in [1.165, 1.54) is 6.07 Å². The van der Waals surface area contributed by atoms with Crippen LogP contribution in [0.15, 0.2) is 53.7 Å². The second kappa shape index (κ2) is 8.86. The molecule has 5 rings (SSSR count). The summed E-state index contributed by atoms with van der Waals surface area (Å²) in [5.41, 5.74) is 2.65. The number of hydrogen-bond donors (Lipinski definition) is 0. The first-order chi connectivity index (χ1) is 15.6. The number of benzene rings is 2. The smallest absolute Gasteiger partial charge is 0.225 e. The first-order valence-corrected chi connectivity index (χ1v) is 12.1. The van der Waals surface area contributed by atoms with Crippen LogP contribution in [0.4, 0.5) is 10.3 Å². The van der Waals surface area contributed by atoms with Crippen LogP contribution < -0.4 is 14.4 Å². The van der Waals surface area contributed by atoms with Crippen LogP contribution >= 0.6 is 0 Å². The Bertz CT molecular complexity index is 1160. The van der Waals surface area contributed by atoms with Crippen molar-refractivity contribution in [2.75, 3.05) is 30.5 Å². The molecule has 2 aliphatic rings. The van der Waals surface area contributed by atoms with Crippen molar-refractivity contribution < 1.29 is 18.1 Å². The molecule has 0 radical (unpaired) electrons. The molecule has 32 heavy (non-hydrogen) atoms. The maximum Gasteiger partial charge on any atom is 0.225 e. The van der Waals surface area contributed by atoms with Crippen LogP contribution in [-0.2, 0) is 17.2 Å². The van der Waals surface area contributed by atoms with Crippen molar-refractivity contribution in [2.45, 2.75) is 24.7 Å². The second-order valence-electron chi connectivity index (χ2n) is 8.07. The second-order valence-corrected chi connectivity index (χ2v) is 9.44. The fourth-order valence-corrected chi connectivity index (χ4v) is 4.94. The lowest BCUT2D eigenvalue weighted by atomic mass is 10.0. The minimum absolute atomic E-state index is 0.175. The lowest BCUT2D eigenvalue weighted by molar-refractivity contribution is 0.250. The summed E-state index contributed by atoms with van der Waals surface area (Å²) in [4.78, 5) is 11.7. The Morgan fingerprint density at radius 1 is 1.19 bits per heavy atom. The first-order valence-electron chi connectivity index (χ1n) is 10.7. The van der Waals surface area contributed by atoms with Gasteiger partial charge in [0.05, 0.1) is 22.3 Å². The van der Waals surface area contributed by atoms with E-state index in [-0.39, 0.29) is 11.7 Å². The van der Waals surface area contributed by atoms with E-state index < -0.39 is 16.6 Å². The van der Waals surface area contributed by atoms with E-state index in [4.69, 9.17) is 9.47 Å². The number of aryl methyl sites for hydroxylation is 1. The van der Waals surface area contributed by atoms with E-state index in [1.54, 1.807) is 18.2 Å². The van der Waals surface area contributed by atoms with E-state index >= 15 is 0 Å². The quantitative estimate of drug-likeness (QED) is 0.557. The summed E-state index contributed by atoms with van der Waals surface area (Å²) in [7, 11) is -1.12. The lowest BCUT2D eigenvalue weighted by Crippen LogP contribution is -2.23. The van der Waals surface area contributed by atoms with E-state index in [9.17, 15) is 8.60 Å². The summed E-state index contributed by atoms with van der Waals surface area (Å²) >= 11 is 0. The minimum atomic E-state index is -1.12. The van der Waals surface area contributed by atoms with Crippen molar-refractivity contribution in [3.8, 4) is 22.6 Å². The van der Waals surface area contributed by atoms with Crippen LogP contribution in [0.1, 0.15) is 18.9 Å². The van der Waals surface area contributed by atoms with Crippen LogP contribution in [-0.4, -0.2) is 39.8 Å². The standard InChI is InChI=1S/C24H24FN3O3S/c1-2-16-11-26-24(27-12-16)28-8-7-17(13-28)14-30-21-5-3-18(9-20(21)25)19-4-6-23-22(10-19)31-15-32(23)29/h3-6,9-12,17H,2,7-8,13-15H2,1H3/t17-,32?/m1/s1. The highest BCUT2D eigenvalue weighted by Gasteiger charge is 2.25. The molecule has 3 heterocycles. The normalized spacial score (nSPS) is 19.6. The zero-order chi connectivity index (χ0) is 22.1. The SMILES string of the molecule is CCc1cnc(N2CC[C@@H](COc3ccc(-c4ccc5c(c4)OCS5=O)cc3F)C2)nc1. The Morgan fingerprint density at radius 3 is 2.75 bits per heavy atom. The average Bonchev–Trinajstić information content (AvgIpc) is 3.45. The van der Waals surface area contributed by atoms with Gasteiger partial charge in [-0.1, -0.05) is 19.1 Å². The molecular formula is C24H24FN3O3S. The van der Waals surface area contributed by atoms with E-state index in [1.807, 2.05) is 24.5 Å². The zero-order valence-corrected chi connectivity index (χ0v) is 18.6. The average molecular weight is 454 g/mol. The van der Waals surface area contributed by atoms with Gasteiger partial charge in [0, 0.05) is 31.4 Å². The number of fused-ring (bicyclic) bond motifs is 1. The summed E-state index contributed by atoms with van der Waals surface area (Å²) in [6.07, 6.45) is 5.61. The summed E-state index contributed by atoms with van der Waals surface area (Å²) in [5, 5.41) is 0. The Kier molecular flexibility index (Phi) is 5.78. The number of ether oxygens (including phenoxy) is 2. The molecule has 0 amide bonds. The Morgan fingerprint density at radius 2 is 1.97 bits per heavy atom. The van der Waals surface area contributed by atoms with Gasteiger partial charge < -0.3 is 14.4 Å². The number of hydrogen-bond acceptors (Lipinski definition) is 6. The first kappa shape index (κ1) is 20.9. The van der Waals surface area contributed by atoms with Gasteiger partial charge in [0.15, 0.2) is 17.5 Å². The third kappa shape index (κ3) is 4.19.